The highest BCUT2D eigenvalue weighted by molar-refractivity contribution is 6.29. The van der Waals surface area contributed by atoms with Crippen LogP contribution in [0.15, 0.2) is 103 Å². The van der Waals surface area contributed by atoms with E-state index in [4.69, 9.17) is 25.8 Å². The number of alkyl halides is 4. The number of aryl methyl sites for hydroxylation is 1. The number of carbonyl (C=O) groups excluding carboxylic acids is 4. The van der Waals surface area contributed by atoms with Gasteiger partial charge in [-0.25, -0.2) is 0 Å². The second-order valence-corrected chi connectivity index (χ2v) is 13.9. The van der Waals surface area contributed by atoms with E-state index in [0.717, 1.165) is 47.4 Å². The van der Waals surface area contributed by atoms with Gasteiger partial charge in [0.05, 0.1) is 25.2 Å². The Kier molecular flexibility index (Phi) is 14.4. The Balaban J connectivity index is 0.865. The number of anilines is 1. The maximum atomic E-state index is 13.1. The number of amides is 4. The number of ether oxygens (including phenoxy) is 3. The van der Waals surface area contributed by atoms with Crippen molar-refractivity contribution in [1.29, 1.82) is 0 Å². The lowest BCUT2D eigenvalue weighted by atomic mass is 10.0. The Bertz CT molecular complexity index is 2290. The summed E-state index contributed by atoms with van der Waals surface area (Å²) in [6.45, 7) is 1.73. The molecule has 0 bridgehead atoms. The maximum absolute atomic E-state index is 13.1. The van der Waals surface area contributed by atoms with Crippen molar-refractivity contribution in [3.63, 3.8) is 0 Å². The molecule has 0 spiro atoms. The van der Waals surface area contributed by atoms with E-state index in [9.17, 15) is 32.3 Å². The summed E-state index contributed by atoms with van der Waals surface area (Å²) in [5, 5.41) is 9.85. The van der Waals surface area contributed by atoms with Crippen molar-refractivity contribution in [1.82, 2.24) is 16.0 Å². The fraction of sp³-hybridized carbons (Fsp3) is 0.273. The molecule has 3 N–H and O–H groups in total. The van der Waals surface area contributed by atoms with E-state index < -0.39 is 11.7 Å². The van der Waals surface area contributed by atoms with Crippen molar-refractivity contribution in [3.05, 3.63) is 131 Å². The summed E-state index contributed by atoms with van der Waals surface area (Å²) in [7, 11) is 0. The Morgan fingerprint density at radius 2 is 1.49 bits per heavy atom. The lowest BCUT2D eigenvalue weighted by Gasteiger charge is -2.29. The van der Waals surface area contributed by atoms with Crippen molar-refractivity contribution in [2.24, 2.45) is 0 Å². The van der Waals surface area contributed by atoms with Crippen LogP contribution in [0.5, 0.6) is 17.2 Å². The molecule has 15 heteroatoms. The zero-order chi connectivity index (χ0) is 41.8. The normalized spacial score (nSPS) is 12.4. The molecule has 59 heavy (non-hydrogen) atoms. The molecule has 0 atom stereocenters. The smallest absolute Gasteiger partial charge is 0.416 e. The third-order valence-corrected chi connectivity index (χ3v) is 9.64. The van der Waals surface area contributed by atoms with E-state index in [1.54, 1.807) is 41.3 Å². The van der Waals surface area contributed by atoms with Crippen LogP contribution in [0, 0.1) is 0 Å². The van der Waals surface area contributed by atoms with Crippen LogP contribution in [0.25, 0.3) is 10.8 Å². The van der Waals surface area contributed by atoms with Gasteiger partial charge in [-0.05, 0) is 102 Å². The van der Waals surface area contributed by atoms with Gasteiger partial charge in [0.15, 0.2) is 6.61 Å². The minimum Gasteiger partial charge on any atom is -0.484 e. The molecule has 0 saturated heterocycles. The number of carbonyl (C=O) groups is 4. The van der Waals surface area contributed by atoms with E-state index in [1.165, 1.54) is 12.1 Å². The van der Waals surface area contributed by atoms with Gasteiger partial charge in [-0.15, -0.1) is 11.6 Å². The van der Waals surface area contributed by atoms with Gasteiger partial charge in [-0.3, -0.25) is 19.2 Å². The summed E-state index contributed by atoms with van der Waals surface area (Å²) < 4.78 is 55.9. The number of nitrogens with zero attached hydrogens (tertiary/aromatic N) is 1. The summed E-state index contributed by atoms with van der Waals surface area (Å²) in [4.78, 5) is 51.7. The van der Waals surface area contributed by atoms with Gasteiger partial charge in [0.1, 0.15) is 23.1 Å². The number of benzene rings is 5. The molecule has 308 valence electrons. The van der Waals surface area contributed by atoms with Crippen LogP contribution < -0.4 is 30.3 Å². The molecule has 6 rings (SSSR count). The number of hydrogen-bond donors (Lipinski definition) is 3. The van der Waals surface area contributed by atoms with Crippen LogP contribution in [-0.4, -0.2) is 69.0 Å². The van der Waals surface area contributed by atoms with Crippen molar-refractivity contribution in [2.75, 3.05) is 50.2 Å². The molecular formula is C44H42ClF3N4O7. The Morgan fingerprint density at radius 1 is 0.763 bits per heavy atom. The number of halogens is 4. The summed E-state index contributed by atoms with van der Waals surface area (Å²) in [6.07, 6.45) is -2.69. The minimum atomic E-state index is -4.44. The van der Waals surface area contributed by atoms with Gasteiger partial charge in [0.25, 0.3) is 11.8 Å². The fourth-order valence-electron chi connectivity index (χ4n) is 6.53. The number of hydrogen-bond acceptors (Lipinski definition) is 7. The summed E-state index contributed by atoms with van der Waals surface area (Å²) in [5.74, 6) is 0.184. The molecule has 0 unspecified atom stereocenters. The summed E-state index contributed by atoms with van der Waals surface area (Å²) >= 11 is 5.74. The van der Waals surface area contributed by atoms with Crippen LogP contribution in [0.4, 0.5) is 18.9 Å². The molecule has 0 aromatic heterocycles. The van der Waals surface area contributed by atoms with Crippen molar-refractivity contribution in [3.8, 4) is 17.2 Å². The minimum absolute atomic E-state index is 0.0833. The highest BCUT2D eigenvalue weighted by atomic mass is 35.5. The molecule has 11 nitrogen and oxygen atoms in total. The van der Waals surface area contributed by atoms with E-state index in [-0.39, 0.29) is 81.1 Å². The molecular weight excluding hydrogens is 789 g/mol. The summed E-state index contributed by atoms with van der Waals surface area (Å²) in [6, 6.07) is 27.5. The maximum Gasteiger partial charge on any atom is 0.416 e. The highest BCUT2D eigenvalue weighted by Crippen LogP contribution is 2.34. The average Bonchev–Trinajstić information content (AvgIpc) is 3.23. The quantitative estimate of drug-likeness (QED) is 0.0681. The number of nitrogens with one attached hydrogen (secondary N) is 3. The largest absolute Gasteiger partial charge is 0.484 e. The molecule has 1 aliphatic heterocycles. The third-order valence-electron chi connectivity index (χ3n) is 9.41. The first-order chi connectivity index (χ1) is 28.5. The monoisotopic (exact) mass is 830 g/mol. The Hall–Kier alpha value is -6.12. The van der Waals surface area contributed by atoms with Crippen LogP contribution >= 0.6 is 11.6 Å². The fourth-order valence-corrected chi connectivity index (χ4v) is 6.67. The molecule has 0 fully saturated rings. The number of rotatable bonds is 17. The highest BCUT2D eigenvalue weighted by Gasteiger charge is 2.30. The Labute approximate surface area is 343 Å². The SMILES string of the molecule is O=C(COc1ccc2c(c1)CCCN2C(=O)CCl)NCCOCCNC(=O)Cc1cccc(CNC(=O)c2ccc3c(Oc4ccc(C(F)(F)F)cc4)cccc3c2)c1. The van der Waals surface area contributed by atoms with Crippen molar-refractivity contribution >= 4 is 51.7 Å². The van der Waals surface area contributed by atoms with Gasteiger partial charge in [0, 0.05) is 42.8 Å². The van der Waals surface area contributed by atoms with Crippen molar-refractivity contribution < 1.29 is 46.6 Å². The molecule has 1 aliphatic rings. The molecule has 1 heterocycles. The van der Waals surface area contributed by atoms with E-state index >= 15 is 0 Å². The molecule has 4 amide bonds. The molecule has 0 saturated carbocycles. The first-order valence-electron chi connectivity index (χ1n) is 18.9. The average molecular weight is 831 g/mol. The predicted octanol–water partition coefficient (Wildman–Crippen LogP) is 6.97. The Morgan fingerprint density at radius 3 is 2.25 bits per heavy atom. The zero-order valence-corrected chi connectivity index (χ0v) is 32.7. The second kappa shape index (κ2) is 20.0. The molecule has 5 aromatic carbocycles. The van der Waals surface area contributed by atoms with Gasteiger partial charge in [-0.2, -0.15) is 13.2 Å². The van der Waals surface area contributed by atoms with E-state index in [0.29, 0.717) is 34.4 Å². The van der Waals surface area contributed by atoms with Crippen LogP contribution in [0.2, 0.25) is 0 Å². The first-order valence-corrected chi connectivity index (χ1v) is 19.5. The summed E-state index contributed by atoms with van der Waals surface area (Å²) in [5.41, 5.74) is 3.01. The lowest BCUT2D eigenvalue weighted by molar-refractivity contribution is -0.137. The zero-order valence-electron chi connectivity index (χ0n) is 31.9. The third kappa shape index (κ3) is 12.0. The van der Waals surface area contributed by atoms with Gasteiger partial charge >= 0.3 is 6.18 Å². The number of fused-ring (bicyclic) bond motifs is 2. The molecule has 5 aromatic rings. The predicted molar refractivity (Wildman–Crippen MR) is 217 cm³/mol. The van der Waals surface area contributed by atoms with Crippen LogP contribution in [0.1, 0.15) is 39.0 Å². The van der Waals surface area contributed by atoms with Crippen LogP contribution in [0.3, 0.4) is 0 Å². The lowest BCUT2D eigenvalue weighted by Crippen LogP contribution is -2.36. The van der Waals surface area contributed by atoms with E-state index in [2.05, 4.69) is 16.0 Å². The molecule has 0 radical (unpaired) electrons. The first kappa shape index (κ1) is 42.5. The standard InChI is InChI=1S/C44H42ClF3N4O7/c45-26-42(55)52-19-3-7-32-25-36(14-16-38(32)52)58-28-41(54)50-18-21-57-20-17-49-40(53)23-29-4-1-5-30(22-29)27-51-43(56)33-9-15-37-31(24-33)6-2-8-39(37)59-35-12-10-34(11-13-35)44(46,47)48/h1-2,4-6,8-16,22,24-25H,3,7,17-21,23,26-28H2,(H,49,53)(H,50,54)(H,51,56). The topological polar surface area (TPSA) is 135 Å². The van der Waals surface area contributed by atoms with E-state index in [1.807, 2.05) is 42.5 Å². The van der Waals surface area contributed by atoms with Gasteiger partial charge in [0.2, 0.25) is 11.8 Å². The second-order valence-electron chi connectivity index (χ2n) is 13.7. The van der Waals surface area contributed by atoms with Gasteiger partial charge in [-0.1, -0.05) is 36.4 Å². The van der Waals surface area contributed by atoms with Crippen molar-refractivity contribution in [2.45, 2.75) is 32.0 Å². The van der Waals surface area contributed by atoms with Crippen LogP contribution in [-0.2, 0) is 44.7 Å². The molecule has 0 aliphatic carbocycles. The van der Waals surface area contributed by atoms with Gasteiger partial charge < -0.3 is 35.1 Å².